The number of piperidine rings is 1. The fourth-order valence-electron chi connectivity index (χ4n) is 3.26. The van der Waals surface area contributed by atoms with Gasteiger partial charge in [0.25, 0.3) is 10.2 Å². The summed E-state index contributed by atoms with van der Waals surface area (Å²) in [4.78, 5) is 0. The van der Waals surface area contributed by atoms with E-state index in [-0.39, 0.29) is 12.1 Å². The minimum Gasteiger partial charge on any atom is -0.375 e. The average Bonchev–Trinajstić information content (AvgIpc) is 2.48. The van der Waals surface area contributed by atoms with Gasteiger partial charge in [0.2, 0.25) is 0 Å². The van der Waals surface area contributed by atoms with E-state index in [0.717, 1.165) is 25.8 Å². The van der Waals surface area contributed by atoms with Gasteiger partial charge in [0.05, 0.1) is 12.7 Å². The number of nitrogens with one attached hydrogen (secondary N) is 1. The Kier molecular flexibility index (Phi) is 6.02. The molecule has 3 atom stereocenters. The largest absolute Gasteiger partial charge is 0.375 e. The number of nitrogens with zero attached hydrogens (tertiary/aromatic N) is 2. The summed E-state index contributed by atoms with van der Waals surface area (Å²) in [5, 5.41) is 3.16. The summed E-state index contributed by atoms with van der Waals surface area (Å²) in [7, 11) is -1.45. The van der Waals surface area contributed by atoms with Crippen LogP contribution in [0.1, 0.15) is 33.1 Å². The molecule has 0 aliphatic carbocycles. The van der Waals surface area contributed by atoms with Crippen LogP contribution in [0.2, 0.25) is 0 Å². The third kappa shape index (κ3) is 3.96. The third-order valence-corrected chi connectivity index (χ3v) is 6.51. The number of morpholine rings is 1. The molecule has 0 aromatic rings. The molecule has 1 N–H and O–H groups in total. The normalized spacial score (nSPS) is 33.2. The second-order valence-corrected chi connectivity index (χ2v) is 8.09. The van der Waals surface area contributed by atoms with Gasteiger partial charge >= 0.3 is 0 Å². The van der Waals surface area contributed by atoms with E-state index in [0.29, 0.717) is 32.2 Å². The Labute approximate surface area is 129 Å². The van der Waals surface area contributed by atoms with Crippen LogP contribution in [-0.2, 0) is 14.9 Å². The molecular formula is C14H29N3O3S. The Bertz CT molecular complexity index is 427. The van der Waals surface area contributed by atoms with Crippen molar-refractivity contribution < 1.29 is 13.2 Å². The van der Waals surface area contributed by atoms with Crippen LogP contribution in [0.4, 0.5) is 0 Å². The van der Waals surface area contributed by atoms with E-state index in [1.54, 1.807) is 8.61 Å². The van der Waals surface area contributed by atoms with Crippen molar-refractivity contribution in [3.05, 3.63) is 0 Å². The Morgan fingerprint density at radius 3 is 2.76 bits per heavy atom. The van der Waals surface area contributed by atoms with Gasteiger partial charge in [-0.05, 0) is 45.7 Å². The summed E-state index contributed by atoms with van der Waals surface area (Å²) in [5.41, 5.74) is 0. The Morgan fingerprint density at radius 2 is 2.10 bits per heavy atom. The molecule has 124 valence electrons. The van der Waals surface area contributed by atoms with Crippen LogP contribution in [-0.4, -0.2) is 69.0 Å². The van der Waals surface area contributed by atoms with E-state index >= 15 is 0 Å². The van der Waals surface area contributed by atoms with Crippen LogP contribution in [0.15, 0.2) is 0 Å². The fourth-order valence-corrected chi connectivity index (χ4v) is 5.30. The highest BCUT2D eigenvalue weighted by Gasteiger charge is 2.39. The summed E-state index contributed by atoms with van der Waals surface area (Å²) in [6, 6.07) is -0.0316. The monoisotopic (exact) mass is 319 g/mol. The predicted octanol–water partition coefficient (Wildman–Crippen LogP) is 0.662. The first kappa shape index (κ1) is 17.1. The molecule has 0 radical (unpaired) electrons. The second-order valence-electron chi connectivity index (χ2n) is 6.21. The van der Waals surface area contributed by atoms with Crippen LogP contribution in [0.3, 0.4) is 0 Å². The molecule has 0 amide bonds. The number of rotatable bonds is 5. The third-order valence-electron chi connectivity index (χ3n) is 4.49. The van der Waals surface area contributed by atoms with Crippen molar-refractivity contribution in [2.45, 2.75) is 45.3 Å². The zero-order chi connectivity index (χ0) is 15.5. The predicted molar refractivity (Wildman–Crippen MR) is 83.3 cm³/mol. The topological polar surface area (TPSA) is 61.9 Å². The summed E-state index contributed by atoms with van der Waals surface area (Å²) in [5.74, 6) is 0.414. The zero-order valence-electron chi connectivity index (χ0n) is 13.4. The standard InChI is InChI=1S/C14H29N3O3S/c1-4-14-11-20-12(2)9-17(14)21(18,19)16-7-5-6-13(10-16)8-15-3/h12-15H,4-11H2,1-3H3. The van der Waals surface area contributed by atoms with Crippen molar-refractivity contribution in [2.24, 2.45) is 5.92 Å². The van der Waals surface area contributed by atoms with Crippen LogP contribution >= 0.6 is 0 Å². The van der Waals surface area contributed by atoms with Gasteiger partial charge in [-0.1, -0.05) is 6.92 Å². The van der Waals surface area contributed by atoms with E-state index in [4.69, 9.17) is 4.74 Å². The molecule has 0 bridgehead atoms. The van der Waals surface area contributed by atoms with Crippen LogP contribution < -0.4 is 5.32 Å². The fraction of sp³-hybridized carbons (Fsp3) is 1.00. The van der Waals surface area contributed by atoms with Crippen LogP contribution in [0.25, 0.3) is 0 Å². The van der Waals surface area contributed by atoms with E-state index in [1.165, 1.54) is 0 Å². The lowest BCUT2D eigenvalue weighted by atomic mass is 10.00. The van der Waals surface area contributed by atoms with Crippen LogP contribution in [0.5, 0.6) is 0 Å². The van der Waals surface area contributed by atoms with Gasteiger partial charge in [-0.2, -0.15) is 17.0 Å². The quantitative estimate of drug-likeness (QED) is 0.809. The van der Waals surface area contributed by atoms with Crippen molar-refractivity contribution in [3.63, 3.8) is 0 Å². The number of ether oxygens (including phenoxy) is 1. The highest BCUT2D eigenvalue weighted by molar-refractivity contribution is 7.86. The molecular weight excluding hydrogens is 290 g/mol. The molecule has 0 saturated carbocycles. The summed E-state index contributed by atoms with van der Waals surface area (Å²) >= 11 is 0. The van der Waals surface area contributed by atoms with Gasteiger partial charge in [-0.25, -0.2) is 0 Å². The molecule has 2 aliphatic rings. The van der Waals surface area contributed by atoms with Crippen molar-refractivity contribution in [1.82, 2.24) is 13.9 Å². The highest BCUT2D eigenvalue weighted by atomic mass is 32.2. The summed E-state index contributed by atoms with van der Waals surface area (Å²) in [6.45, 7) is 7.08. The van der Waals surface area contributed by atoms with Gasteiger partial charge in [-0.15, -0.1) is 0 Å². The van der Waals surface area contributed by atoms with E-state index in [1.807, 2.05) is 20.9 Å². The van der Waals surface area contributed by atoms with E-state index in [2.05, 4.69) is 5.32 Å². The second kappa shape index (κ2) is 7.37. The minimum atomic E-state index is -3.37. The lowest BCUT2D eigenvalue weighted by Crippen LogP contribution is -2.57. The highest BCUT2D eigenvalue weighted by Crippen LogP contribution is 2.25. The molecule has 2 fully saturated rings. The maximum atomic E-state index is 13.0. The van der Waals surface area contributed by atoms with Gasteiger partial charge < -0.3 is 10.1 Å². The minimum absolute atomic E-state index is 0.0273. The van der Waals surface area contributed by atoms with Gasteiger partial charge in [0, 0.05) is 25.7 Å². The van der Waals surface area contributed by atoms with Gasteiger partial charge in [0.1, 0.15) is 0 Å². The Balaban J connectivity index is 2.11. The molecule has 6 nitrogen and oxygen atoms in total. The van der Waals surface area contributed by atoms with Crippen molar-refractivity contribution in [1.29, 1.82) is 0 Å². The molecule has 0 aromatic carbocycles. The Morgan fingerprint density at radius 1 is 1.33 bits per heavy atom. The number of hydrogen-bond acceptors (Lipinski definition) is 4. The lowest BCUT2D eigenvalue weighted by Gasteiger charge is -2.41. The molecule has 3 unspecified atom stereocenters. The van der Waals surface area contributed by atoms with Gasteiger partial charge in [-0.3, -0.25) is 0 Å². The number of hydrogen-bond donors (Lipinski definition) is 1. The molecule has 2 aliphatic heterocycles. The molecule has 0 aromatic heterocycles. The SMILES string of the molecule is CCC1COC(C)CN1S(=O)(=O)N1CCCC(CNC)C1. The van der Waals surface area contributed by atoms with Crippen molar-refractivity contribution in [3.8, 4) is 0 Å². The molecule has 7 heteroatoms. The first-order valence-corrected chi connectivity index (χ1v) is 9.41. The molecule has 2 heterocycles. The molecule has 2 rings (SSSR count). The van der Waals surface area contributed by atoms with Crippen molar-refractivity contribution >= 4 is 10.2 Å². The summed E-state index contributed by atoms with van der Waals surface area (Å²) < 4.78 is 34.9. The van der Waals surface area contributed by atoms with Gasteiger partial charge in [0.15, 0.2) is 0 Å². The average molecular weight is 319 g/mol. The van der Waals surface area contributed by atoms with Crippen molar-refractivity contribution in [2.75, 3.05) is 39.8 Å². The first-order valence-electron chi connectivity index (χ1n) is 8.02. The first-order chi connectivity index (χ1) is 9.98. The maximum absolute atomic E-state index is 13.0. The molecule has 21 heavy (non-hydrogen) atoms. The Hall–Kier alpha value is -0.210. The van der Waals surface area contributed by atoms with E-state index < -0.39 is 10.2 Å². The van der Waals surface area contributed by atoms with E-state index in [9.17, 15) is 8.42 Å². The summed E-state index contributed by atoms with van der Waals surface area (Å²) in [6.07, 6.45) is 2.81. The molecule has 0 spiro atoms. The zero-order valence-corrected chi connectivity index (χ0v) is 14.2. The molecule has 2 saturated heterocycles. The lowest BCUT2D eigenvalue weighted by molar-refractivity contribution is -0.0254. The maximum Gasteiger partial charge on any atom is 0.282 e. The van der Waals surface area contributed by atoms with Crippen LogP contribution in [0, 0.1) is 5.92 Å². The smallest absolute Gasteiger partial charge is 0.282 e.